The van der Waals surface area contributed by atoms with Crippen LogP contribution in [0.15, 0.2) is 71.4 Å². The quantitative estimate of drug-likeness (QED) is 0.136. The molecule has 2 aromatic carbocycles. The van der Waals surface area contributed by atoms with Crippen molar-refractivity contribution in [1.82, 2.24) is 10.1 Å². The predicted molar refractivity (Wildman–Crippen MR) is 163 cm³/mol. The molecule has 1 amide bonds. The highest BCUT2D eigenvalue weighted by molar-refractivity contribution is 6.54. The molecular weight excluding hydrogens is 608 g/mol. The van der Waals surface area contributed by atoms with E-state index < -0.39 is 16.3 Å². The Morgan fingerprint density at radius 1 is 0.976 bits per heavy atom. The number of rotatable bonds is 9. The van der Waals surface area contributed by atoms with Crippen molar-refractivity contribution in [2.24, 2.45) is 0 Å². The second-order valence-corrected chi connectivity index (χ2v) is 12.1. The van der Waals surface area contributed by atoms with Gasteiger partial charge in [0.1, 0.15) is 17.0 Å². The van der Waals surface area contributed by atoms with E-state index in [1.807, 2.05) is 32.9 Å². The van der Waals surface area contributed by atoms with Gasteiger partial charge in [0.15, 0.2) is 10.6 Å². The number of benzene rings is 2. The topological polar surface area (TPSA) is 85.5 Å². The van der Waals surface area contributed by atoms with Gasteiger partial charge in [-0.25, -0.2) is 4.79 Å². The third kappa shape index (κ3) is 8.01. The number of alkyl halides is 2. The summed E-state index contributed by atoms with van der Waals surface area (Å²) >= 11 is 24.6. The molecule has 0 aliphatic heterocycles. The Morgan fingerprint density at radius 2 is 1.66 bits per heavy atom. The van der Waals surface area contributed by atoms with E-state index in [9.17, 15) is 9.59 Å². The minimum absolute atomic E-state index is 0.336. The largest absolute Gasteiger partial charge is 0.456 e. The molecule has 0 saturated heterocycles. The summed E-state index contributed by atoms with van der Waals surface area (Å²) in [6.07, 6.45) is 2.81. The monoisotopic (exact) mass is 633 g/mol. The first kappa shape index (κ1) is 30.8. The number of ether oxygens (including phenoxy) is 1. The van der Waals surface area contributed by atoms with Crippen LogP contribution in [0, 0.1) is 0 Å². The zero-order valence-electron chi connectivity index (χ0n) is 22.5. The minimum Gasteiger partial charge on any atom is -0.456 e. The lowest BCUT2D eigenvalue weighted by Crippen LogP contribution is -2.36. The summed E-state index contributed by atoms with van der Waals surface area (Å²) in [5.74, 6) is -0.478. The summed E-state index contributed by atoms with van der Waals surface area (Å²) in [7, 11) is 0. The predicted octanol–water partition coefficient (Wildman–Crippen LogP) is 8.44. The van der Waals surface area contributed by atoms with Crippen LogP contribution in [0.5, 0.6) is 0 Å². The molecule has 11 heteroatoms. The second kappa shape index (κ2) is 13.3. The van der Waals surface area contributed by atoms with Crippen LogP contribution in [0.3, 0.4) is 0 Å². The van der Waals surface area contributed by atoms with E-state index in [1.165, 1.54) is 4.90 Å². The highest BCUT2D eigenvalue weighted by Crippen LogP contribution is 2.36. The molecule has 0 unspecified atom stereocenters. The van der Waals surface area contributed by atoms with Crippen LogP contribution >= 0.6 is 46.4 Å². The number of carbonyl (C=O) groups is 2. The van der Waals surface area contributed by atoms with Crippen molar-refractivity contribution in [1.29, 1.82) is 0 Å². The van der Waals surface area contributed by atoms with Crippen molar-refractivity contribution in [3.05, 3.63) is 88.0 Å². The van der Waals surface area contributed by atoms with Gasteiger partial charge in [0, 0.05) is 30.1 Å². The van der Waals surface area contributed by atoms with Crippen LogP contribution in [0.4, 0.5) is 5.69 Å². The number of carbonyl (C=O) groups excluding carboxylic acids is 2. The molecule has 0 aliphatic rings. The molecule has 7 nitrogen and oxygen atoms in total. The van der Waals surface area contributed by atoms with Gasteiger partial charge in [-0.2, -0.15) is 0 Å². The average molecular weight is 635 g/mol. The summed E-state index contributed by atoms with van der Waals surface area (Å²) in [6, 6.07) is 17.4. The molecule has 0 aliphatic carbocycles. The number of anilines is 1. The molecule has 0 N–H and O–H groups in total. The molecular formula is C30H27Cl4N3O4. The van der Waals surface area contributed by atoms with Gasteiger partial charge in [0.2, 0.25) is 0 Å². The van der Waals surface area contributed by atoms with Crippen molar-refractivity contribution >= 4 is 64.0 Å². The minimum atomic E-state index is -1.25. The maximum Gasteiger partial charge on any atom is 0.338 e. The van der Waals surface area contributed by atoms with Gasteiger partial charge in [-0.05, 0) is 75.6 Å². The van der Waals surface area contributed by atoms with Gasteiger partial charge < -0.3 is 14.2 Å². The van der Waals surface area contributed by atoms with Crippen LogP contribution < -0.4 is 4.90 Å². The Balaban J connectivity index is 1.49. The molecule has 41 heavy (non-hydrogen) atoms. The second-order valence-electron chi connectivity index (χ2n) is 10.2. The Hall–Kier alpha value is -3.10. The first-order valence-electron chi connectivity index (χ1n) is 12.7. The molecule has 4 rings (SSSR count). The van der Waals surface area contributed by atoms with Crippen LogP contribution in [0.2, 0.25) is 10.0 Å². The van der Waals surface area contributed by atoms with Gasteiger partial charge in [0.25, 0.3) is 5.91 Å². The fourth-order valence-electron chi connectivity index (χ4n) is 4.05. The van der Waals surface area contributed by atoms with Crippen molar-refractivity contribution in [3.8, 4) is 22.7 Å². The number of nitrogens with zero attached hydrogens (tertiary/aromatic N) is 3. The van der Waals surface area contributed by atoms with E-state index in [-0.39, 0.29) is 5.97 Å². The molecule has 0 saturated carbocycles. The van der Waals surface area contributed by atoms with E-state index in [2.05, 4.69) is 10.1 Å². The third-order valence-electron chi connectivity index (χ3n) is 5.93. The number of aromatic nitrogens is 2. The summed E-state index contributed by atoms with van der Waals surface area (Å²) < 4.78 is 10.9. The first-order chi connectivity index (χ1) is 19.4. The molecule has 0 fully saturated rings. The highest BCUT2D eigenvalue weighted by Gasteiger charge is 2.23. The molecule has 0 bridgehead atoms. The van der Waals surface area contributed by atoms with Crippen LogP contribution in [-0.4, -0.2) is 39.0 Å². The lowest BCUT2D eigenvalue weighted by Gasteiger charge is -2.23. The van der Waals surface area contributed by atoms with Crippen LogP contribution in [0.1, 0.15) is 43.1 Å². The highest BCUT2D eigenvalue weighted by atomic mass is 35.5. The summed E-state index contributed by atoms with van der Waals surface area (Å²) in [5, 5.41) is 4.98. The van der Waals surface area contributed by atoms with Crippen LogP contribution in [0.25, 0.3) is 22.7 Å². The van der Waals surface area contributed by atoms with Gasteiger partial charge in [-0.15, -0.1) is 0 Å². The molecule has 4 aromatic rings. The molecule has 0 atom stereocenters. The zero-order valence-corrected chi connectivity index (χ0v) is 25.6. The Labute approximate surface area is 258 Å². The molecule has 0 spiro atoms. The zero-order chi connectivity index (χ0) is 29.7. The molecule has 0 radical (unpaired) electrons. The molecule has 2 aromatic heterocycles. The first-order valence-corrected chi connectivity index (χ1v) is 14.3. The van der Waals surface area contributed by atoms with Crippen molar-refractivity contribution in [2.75, 3.05) is 11.4 Å². The lowest BCUT2D eigenvalue weighted by atomic mass is 10.1. The normalized spacial score (nSPS) is 11.5. The molecule has 214 valence electrons. The summed E-state index contributed by atoms with van der Waals surface area (Å²) in [4.78, 5) is 29.9. The third-order valence-corrected chi connectivity index (χ3v) is 6.93. The fraction of sp³-hybridized carbons (Fsp3) is 0.267. The van der Waals surface area contributed by atoms with Crippen molar-refractivity contribution in [3.63, 3.8) is 0 Å². The van der Waals surface area contributed by atoms with Crippen molar-refractivity contribution < 1.29 is 18.8 Å². The lowest BCUT2D eigenvalue weighted by molar-refractivity contribution is -0.117. The number of halogens is 4. The van der Waals surface area contributed by atoms with Crippen LogP contribution in [-0.2, 0) is 16.0 Å². The number of amides is 1. The standard InChI is InChI=1S/C30H27Cl4N3O4/c1-30(2,3)40-29(39)19-11-9-18(10-12-19)6-5-15-37(28(38)27(33)34)20-13-14-35-23(16-20)25-17-24(36-41-25)26-21(31)7-4-8-22(26)32/h4,7-14,16-17,27H,5-6,15H2,1-3H3. The maximum atomic E-state index is 13.0. The van der Waals surface area contributed by atoms with Gasteiger partial charge >= 0.3 is 5.97 Å². The number of aryl methyl sites for hydroxylation is 1. The summed E-state index contributed by atoms with van der Waals surface area (Å²) in [5.41, 5.74) is 2.89. The Morgan fingerprint density at radius 3 is 2.29 bits per heavy atom. The van der Waals surface area contributed by atoms with E-state index in [1.54, 1.807) is 54.7 Å². The van der Waals surface area contributed by atoms with E-state index in [0.29, 0.717) is 63.4 Å². The van der Waals surface area contributed by atoms with E-state index >= 15 is 0 Å². The van der Waals surface area contributed by atoms with Gasteiger partial charge in [-0.1, -0.05) is 69.8 Å². The number of esters is 1. The number of pyridine rings is 1. The SMILES string of the molecule is CC(C)(C)OC(=O)c1ccc(CCCN(C(=O)C(Cl)Cl)c2ccnc(-c3cc(-c4c(Cl)cccc4Cl)no3)c2)cc1. The van der Waals surface area contributed by atoms with E-state index in [4.69, 9.17) is 55.7 Å². The van der Waals surface area contributed by atoms with Crippen molar-refractivity contribution in [2.45, 2.75) is 44.1 Å². The Kier molecular flexibility index (Phi) is 9.97. The number of hydrogen-bond donors (Lipinski definition) is 0. The maximum absolute atomic E-state index is 13.0. The molecule has 2 heterocycles. The number of hydrogen-bond acceptors (Lipinski definition) is 6. The smallest absolute Gasteiger partial charge is 0.338 e. The average Bonchev–Trinajstić information content (AvgIpc) is 3.40. The van der Waals surface area contributed by atoms with E-state index in [0.717, 1.165) is 5.56 Å². The Bertz CT molecular complexity index is 1510. The van der Waals surface area contributed by atoms with Gasteiger partial charge in [0.05, 0.1) is 15.6 Å². The summed E-state index contributed by atoms with van der Waals surface area (Å²) in [6.45, 7) is 5.81. The fourth-order valence-corrected chi connectivity index (χ4v) is 4.88. The van der Waals surface area contributed by atoms with Gasteiger partial charge in [-0.3, -0.25) is 9.78 Å².